The number of nitrogens with zero attached hydrogens (tertiary/aromatic N) is 2. The molecule has 0 aliphatic rings. The maximum absolute atomic E-state index is 12.2. The second-order valence-corrected chi connectivity index (χ2v) is 6.63. The zero-order valence-electron chi connectivity index (χ0n) is 10.1. The standard InChI is InChI=1S/C12H13BrN2O2S/c1-8(12-15-14-9(2)17-12)18(16)7-10-4-3-5-11(13)6-10/h3-6,8H,7H2,1-2H3/t8-,18-/m1/s1. The summed E-state index contributed by atoms with van der Waals surface area (Å²) in [6, 6.07) is 7.79. The van der Waals surface area contributed by atoms with Gasteiger partial charge in [-0.05, 0) is 24.6 Å². The molecule has 6 heteroatoms. The van der Waals surface area contributed by atoms with E-state index in [1.165, 1.54) is 0 Å². The van der Waals surface area contributed by atoms with E-state index in [1.54, 1.807) is 6.92 Å². The fourth-order valence-electron chi connectivity index (χ4n) is 1.50. The summed E-state index contributed by atoms with van der Waals surface area (Å²) in [4.78, 5) is 0. The Morgan fingerprint density at radius 3 is 2.83 bits per heavy atom. The van der Waals surface area contributed by atoms with Crippen molar-refractivity contribution in [3.63, 3.8) is 0 Å². The summed E-state index contributed by atoms with van der Waals surface area (Å²) < 4.78 is 18.5. The highest BCUT2D eigenvalue weighted by atomic mass is 79.9. The molecule has 2 atom stereocenters. The van der Waals surface area contributed by atoms with Gasteiger partial charge in [0.25, 0.3) is 0 Å². The Hall–Kier alpha value is -1.01. The van der Waals surface area contributed by atoms with Crippen molar-refractivity contribution in [3.8, 4) is 0 Å². The molecule has 18 heavy (non-hydrogen) atoms. The maximum Gasteiger partial charge on any atom is 0.231 e. The molecule has 0 N–H and O–H groups in total. The average Bonchev–Trinajstić information content (AvgIpc) is 2.75. The minimum atomic E-state index is -1.08. The van der Waals surface area contributed by atoms with E-state index in [4.69, 9.17) is 4.42 Å². The van der Waals surface area contributed by atoms with Gasteiger partial charge in [-0.15, -0.1) is 10.2 Å². The molecule has 1 aromatic carbocycles. The Balaban J connectivity index is 2.08. The van der Waals surface area contributed by atoms with Gasteiger partial charge in [-0.2, -0.15) is 0 Å². The molecule has 0 amide bonds. The normalized spacial score (nSPS) is 14.4. The van der Waals surface area contributed by atoms with E-state index in [-0.39, 0.29) is 5.25 Å². The summed E-state index contributed by atoms with van der Waals surface area (Å²) in [5.74, 6) is 1.40. The summed E-state index contributed by atoms with van der Waals surface area (Å²) in [6.07, 6.45) is 0. The first-order valence-electron chi connectivity index (χ1n) is 5.48. The maximum atomic E-state index is 12.2. The van der Waals surface area contributed by atoms with Crippen LogP contribution in [0.15, 0.2) is 33.2 Å². The third-order valence-corrected chi connectivity index (χ3v) is 4.58. The molecule has 2 aromatic rings. The van der Waals surface area contributed by atoms with Gasteiger partial charge in [0.05, 0.1) is 0 Å². The number of benzene rings is 1. The molecule has 1 aromatic heterocycles. The molecule has 0 radical (unpaired) electrons. The van der Waals surface area contributed by atoms with Crippen molar-refractivity contribution in [2.45, 2.75) is 24.9 Å². The third kappa shape index (κ3) is 3.26. The second kappa shape index (κ2) is 5.75. The van der Waals surface area contributed by atoms with Crippen LogP contribution in [-0.2, 0) is 16.6 Å². The van der Waals surface area contributed by atoms with Crippen molar-refractivity contribution in [1.29, 1.82) is 0 Å². The second-order valence-electron chi connectivity index (χ2n) is 3.96. The quantitative estimate of drug-likeness (QED) is 0.865. The van der Waals surface area contributed by atoms with E-state index in [1.807, 2.05) is 31.2 Å². The van der Waals surface area contributed by atoms with Gasteiger partial charge in [0.2, 0.25) is 11.8 Å². The molecular weight excluding hydrogens is 316 g/mol. The molecule has 0 spiro atoms. The molecule has 0 unspecified atom stereocenters. The van der Waals surface area contributed by atoms with Crippen LogP contribution in [0.5, 0.6) is 0 Å². The zero-order valence-corrected chi connectivity index (χ0v) is 12.5. The number of aromatic nitrogens is 2. The fraction of sp³-hybridized carbons (Fsp3) is 0.333. The summed E-state index contributed by atoms with van der Waals surface area (Å²) in [6.45, 7) is 3.56. The van der Waals surface area contributed by atoms with Gasteiger partial charge in [-0.3, -0.25) is 4.21 Å². The predicted octanol–water partition coefficient (Wildman–Crippen LogP) is 3.15. The van der Waals surface area contributed by atoms with E-state index in [0.717, 1.165) is 10.0 Å². The van der Waals surface area contributed by atoms with Crippen LogP contribution in [0.3, 0.4) is 0 Å². The van der Waals surface area contributed by atoms with Crippen molar-refractivity contribution >= 4 is 26.7 Å². The highest BCUT2D eigenvalue weighted by Gasteiger charge is 2.19. The lowest BCUT2D eigenvalue weighted by atomic mass is 10.2. The molecule has 0 aliphatic carbocycles. The number of rotatable bonds is 4. The van der Waals surface area contributed by atoms with Crippen molar-refractivity contribution in [1.82, 2.24) is 10.2 Å². The van der Waals surface area contributed by atoms with Gasteiger partial charge >= 0.3 is 0 Å². The minimum absolute atomic E-state index is 0.259. The van der Waals surface area contributed by atoms with E-state index in [9.17, 15) is 4.21 Å². The van der Waals surface area contributed by atoms with Gasteiger partial charge in [-0.1, -0.05) is 28.1 Å². The molecule has 2 rings (SSSR count). The zero-order chi connectivity index (χ0) is 13.1. The highest BCUT2D eigenvalue weighted by molar-refractivity contribution is 9.10. The Labute approximate surface area is 116 Å². The molecule has 4 nitrogen and oxygen atoms in total. The van der Waals surface area contributed by atoms with Crippen LogP contribution < -0.4 is 0 Å². The Bertz CT molecular complexity index is 571. The van der Waals surface area contributed by atoms with Crippen molar-refractivity contribution < 1.29 is 8.63 Å². The Morgan fingerprint density at radius 2 is 2.22 bits per heavy atom. The van der Waals surface area contributed by atoms with Gasteiger partial charge in [-0.25, -0.2) is 0 Å². The minimum Gasteiger partial charge on any atom is -0.424 e. The van der Waals surface area contributed by atoms with Crippen molar-refractivity contribution in [3.05, 3.63) is 46.1 Å². The SMILES string of the molecule is Cc1nnc([C@@H](C)[S@](=O)Cc2cccc(Br)c2)o1. The topological polar surface area (TPSA) is 56.0 Å². The molecule has 0 fully saturated rings. The first kappa shape index (κ1) is 13.4. The lowest BCUT2D eigenvalue weighted by Crippen LogP contribution is -2.05. The summed E-state index contributed by atoms with van der Waals surface area (Å²) in [7, 11) is -1.08. The summed E-state index contributed by atoms with van der Waals surface area (Å²) in [5, 5.41) is 7.40. The summed E-state index contributed by atoms with van der Waals surface area (Å²) in [5.41, 5.74) is 1.02. The predicted molar refractivity (Wildman–Crippen MR) is 73.4 cm³/mol. The Morgan fingerprint density at radius 1 is 1.44 bits per heavy atom. The number of hydrogen-bond acceptors (Lipinski definition) is 4. The lowest BCUT2D eigenvalue weighted by molar-refractivity contribution is 0.467. The van der Waals surface area contributed by atoms with E-state index in [2.05, 4.69) is 26.1 Å². The number of hydrogen-bond donors (Lipinski definition) is 0. The monoisotopic (exact) mass is 328 g/mol. The molecule has 0 bridgehead atoms. The number of halogens is 1. The largest absolute Gasteiger partial charge is 0.424 e. The van der Waals surface area contributed by atoms with Gasteiger partial charge in [0.15, 0.2) is 0 Å². The molecular formula is C12H13BrN2O2S. The molecule has 0 saturated heterocycles. The van der Waals surface area contributed by atoms with Crippen LogP contribution in [0, 0.1) is 6.92 Å². The number of aryl methyl sites for hydroxylation is 1. The van der Waals surface area contributed by atoms with Crippen LogP contribution in [0.25, 0.3) is 0 Å². The van der Waals surface area contributed by atoms with Crippen LogP contribution in [0.4, 0.5) is 0 Å². The lowest BCUT2D eigenvalue weighted by Gasteiger charge is -2.07. The Kier molecular flexibility index (Phi) is 4.29. The molecule has 1 heterocycles. The van der Waals surface area contributed by atoms with Gasteiger partial charge in [0.1, 0.15) is 5.25 Å². The fourth-order valence-corrected chi connectivity index (χ4v) is 3.03. The van der Waals surface area contributed by atoms with Crippen LogP contribution in [-0.4, -0.2) is 14.4 Å². The molecule has 0 saturated carbocycles. The molecule has 96 valence electrons. The van der Waals surface area contributed by atoms with Crippen molar-refractivity contribution in [2.24, 2.45) is 0 Å². The third-order valence-electron chi connectivity index (χ3n) is 2.48. The highest BCUT2D eigenvalue weighted by Crippen LogP contribution is 2.21. The average molecular weight is 329 g/mol. The van der Waals surface area contributed by atoms with Crippen LogP contribution >= 0.6 is 15.9 Å². The van der Waals surface area contributed by atoms with Crippen LogP contribution in [0.2, 0.25) is 0 Å². The van der Waals surface area contributed by atoms with Crippen LogP contribution in [0.1, 0.15) is 29.5 Å². The van der Waals surface area contributed by atoms with Crippen molar-refractivity contribution in [2.75, 3.05) is 0 Å². The first-order valence-corrected chi connectivity index (χ1v) is 7.65. The molecule has 0 aliphatic heterocycles. The van der Waals surface area contributed by atoms with E-state index in [0.29, 0.717) is 17.5 Å². The summed E-state index contributed by atoms with van der Waals surface area (Å²) >= 11 is 3.40. The van der Waals surface area contributed by atoms with Gasteiger partial charge < -0.3 is 4.42 Å². The smallest absolute Gasteiger partial charge is 0.231 e. The first-order chi connectivity index (χ1) is 8.56. The van der Waals surface area contributed by atoms with E-state index >= 15 is 0 Å². The van der Waals surface area contributed by atoms with Gasteiger partial charge in [0, 0.05) is 27.9 Å². The van der Waals surface area contributed by atoms with E-state index < -0.39 is 10.8 Å².